The number of nitrogens with one attached hydrogen (secondary N) is 2. The maximum absolute atomic E-state index is 13.2. The summed E-state index contributed by atoms with van der Waals surface area (Å²) in [6, 6.07) is 8.07. The summed E-state index contributed by atoms with van der Waals surface area (Å²) >= 11 is 0. The molecule has 3 aromatic rings. The highest BCUT2D eigenvalue weighted by atomic mass is 16.2. The molecule has 0 aromatic carbocycles. The highest BCUT2D eigenvalue weighted by molar-refractivity contribution is 6.39. The van der Waals surface area contributed by atoms with Gasteiger partial charge in [0.25, 0.3) is 0 Å². The number of aromatic nitrogens is 3. The van der Waals surface area contributed by atoms with Crippen molar-refractivity contribution in [1.29, 1.82) is 0 Å². The van der Waals surface area contributed by atoms with Crippen molar-refractivity contribution in [2.24, 2.45) is 5.92 Å². The summed E-state index contributed by atoms with van der Waals surface area (Å²) in [5, 5.41) is 2.66. The Bertz CT molecular complexity index is 1240. The SMILES string of the molecule is CCc1cc(NC(=O)C(=O)N2CC(C)CCC2c2ccc3[nH]c(=O)ccc3n2)cnc1N. The molecular formula is C23H26N6O3. The number of nitrogens with zero attached hydrogens (tertiary/aromatic N) is 3. The number of hydrogen-bond acceptors (Lipinski definition) is 6. The van der Waals surface area contributed by atoms with Gasteiger partial charge in [-0.3, -0.25) is 14.4 Å². The van der Waals surface area contributed by atoms with Crippen LogP contribution in [0.25, 0.3) is 11.0 Å². The van der Waals surface area contributed by atoms with Gasteiger partial charge in [-0.15, -0.1) is 0 Å². The van der Waals surface area contributed by atoms with Crippen molar-refractivity contribution >= 4 is 34.4 Å². The Kier molecular flexibility index (Phi) is 5.89. The molecule has 4 heterocycles. The molecule has 2 atom stereocenters. The van der Waals surface area contributed by atoms with E-state index in [1.807, 2.05) is 6.92 Å². The van der Waals surface area contributed by atoms with Crippen molar-refractivity contribution in [3.63, 3.8) is 0 Å². The third kappa shape index (κ3) is 4.32. The van der Waals surface area contributed by atoms with Crippen LogP contribution in [-0.4, -0.2) is 38.2 Å². The highest BCUT2D eigenvalue weighted by Crippen LogP contribution is 2.33. The zero-order valence-corrected chi connectivity index (χ0v) is 18.1. The first-order valence-electron chi connectivity index (χ1n) is 10.7. The van der Waals surface area contributed by atoms with Gasteiger partial charge in [0.1, 0.15) is 5.82 Å². The van der Waals surface area contributed by atoms with Gasteiger partial charge in [-0.25, -0.2) is 9.97 Å². The number of rotatable bonds is 3. The van der Waals surface area contributed by atoms with Gasteiger partial charge in [-0.05, 0) is 55.0 Å². The number of nitrogen functional groups attached to an aromatic ring is 1. The molecule has 1 aliphatic rings. The second kappa shape index (κ2) is 8.78. The molecule has 166 valence electrons. The number of fused-ring (bicyclic) bond motifs is 1. The molecular weight excluding hydrogens is 408 g/mol. The number of H-pyrrole nitrogens is 1. The van der Waals surface area contributed by atoms with Crippen LogP contribution in [0.1, 0.15) is 44.0 Å². The van der Waals surface area contributed by atoms with E-state index in [-0.39, 0.29) is 17.5 Å². The Balaban J connectivity index is 1.59. The van der Waals surface area contributed by atoms with Crippen LogP contribution >= 0.6 is 0 Å². The van der Waals surface area contributed by atoms with Crippen molar-refractivity contribution in [2.75, 3.05) is 17.6 Å². The minimum atomic E-state index is -0.720. The molecule has 0 bridgehead atoms. The van der Waals surface area contributed by atoms with Gasteiger partial charge in [0.05, 0.1) is 34.7 Å². The van der Waals surface area contributed by atoms with Crippen LogP contribution in [0.2, 0.25) is 0 Å². The summed E-state index contributed by atoms with van der Waals surface area (Å²) in [6.07, 6.45) is 3.73. The smallest absolute Gasteiger partial charge is 0.313 e. The fraction of sp³-hybridized carbons (Fsp3) is 0.348. The van der Waals surface area contributed by atoms with Crippen molar-refractivity contribution in [3.05, 3.63) is 58.1 Å². The number of piperidine rings is 1. The molecule has 4 rings (SSSR count). The molecule has 3 aromatic heterocycles. The first-order valence-corrected chi connectivity index (χ1v) is 10.7. The molecule has 9 nitrogen and oxygen atoms in total. The van der Waals surface area contributed by atoms with E-state index in [1.165, 1.54) is 12.3 Å². The number of carbonyl (C=O) groups is 2. The van der Waals surface area contributed by atoms with Crippen molar-refractivity contribution in [3.8, 4) is 0 Å². The highest BCUT2D eigenvalue weighted by Gasteiger charge is 2.35. The minimum absolute atomic E-state index is 0.199. The van der Waals surface area contributed by atoms with Crippen LogP contribution in [-0.2, 0) is 16.0 Å². The molecule has 0 radical (unpaired) electrons. The maximum atomic E-state index is 13.2. The number of likely N-dealkylation sites (tertiary alicyclic amines) is 1. The zero-order chi connectivity index (χ0) is 22.8. The third-order valence-corrected chi connectivity index (χ3v) is 5.85. The summed E-state index contributed by atoms with van der Waals surface area (Å²) in [5.41, 5.74) is 8.83. The van der Waals surface area contributed by atoms with Crippen LogP contribution in [0.3, 0.4) is 0 Å². The standard InChI is InChI=1S/C23H26N6O3/c1-3-14-10-15(11-25-21(14)24)26-22(31)23(32)29-12-13(2)4-8-19(29)18-6-5-17-16(27-18)7-9-20(30)28-17/h5-7,9-11,13,19H,3-4,8,12H2,1-2H3,(H2,24,25)(H,26,31)(H,28,30). The lowest BCUT2D eigenvalue weighted by atomic mass is 9.92. The Morgan fingerprint density at radius 3 is 2.84 bits per heavy atom. The van der Waals surface area contributed by atoms with Gasteiger partial charge in [-0.2, -0.15) is 0 Å². The van der Waals surface area contributed by atoms with E-state index >= 15 is 0 Å². The van der Waals surface area contributed by atoms with E-state index in [0.29, 0.717) is 47.6 Å². The Morgan fingerprint density at radius 2 is 2.06 bits per heavy atom. The number of carbonyl (C=O) groups excluding carboxylic acids is 2. The largest absolute Gasteiger partial charge is 0.383 e. The second-order valence-electron chi connectivity index (χ2n) is 8.22. The van der Waals surface area contributed by atoms with Crippen LogP contribution in [0.4, 0.5) is 11.5 Å². The van der Waals surface area contributed by atoms with Gasteiger partial charge in [0.2, 0.25) is 5.56 Å². The molecule has 1 fully saturated rings. The van der Waals surface area contributed by atoms with E-state index in [9.17, 15) is 14.4 Å². The predicted octanol–water partition coefficient (Wildman–Crippen LogP) is 2.40. The number of pyridine rings is 3. The topological polar surface area (TPSA) is 134 Å². The molecule has 32 heavy (non-hydrogen) atoms. The molecule has 1 aliphatic heterocycles. The fourth-order valence-corrected chi connectivity index (χ4v) is 4.11. The quantitative estimate of drug-likeness (QED) is 0.542. The number of aryl methyl sites for hydroxylation is 1. The fourth-order valence-electron chi connectivity index (χ4n) is 4.11. The lowest BCUT2D eigenvalue weighted by molar-refractivity contribution is -0.146. The van der Waals surface area contributed by atoms with E-state index in [1.54, 1.807) is 29.2 Å². The molecule has 0 saturated carbocycles. The zero-order valence-electron chi connectivity index (χ0n) is 18.1. The first kappa shape index (κ1) is 21.5. The number of hydrogen-bond donors (Lipinski definition) is 3. The molecule has 1 saturated heterocycles. The Morgan fingerprint density at radius 1 is 1.25 bits per heavy atom. The average Bonchev–Trinajstić information content (AvgIpc) is 2.79. The summed E-state index contributed by atoms with van der Waals surface area (Å²) < 4.78 is 0. The normalized spacial score (nSPS) is 18.5. The van der Waals surface area contributed by atoms with Gasteiger partial charge in [0.15, 0.2) is 0 Å². The molecule has 0 spiro atoms. The average molecular weight is 435 g/mol. The van der Waals surface area contributed by atoms with E-state index in [2.05, 4.69) is 27.2 Å². The van der Waals surface area contributed by atoms with Crippen molar-refractivity contribution in [1.82, 2.24) is 19.9 Å². The third-order valence-electron chi connectivity index (χ3n) is 5.85. The predicted molar refractivity (Wildman–Crippen MR) is 122 cm³/mol. The van der Waals surface area contributed by atoms with Gasteiger partial charge >= 0.3 is 11.8 Å². The summed E-state index contributed by atoms with van der Waals surface area (Å²) in [7, 11) is 0. The van der Waals surface area contributed by atoms with Crippen LogP contribution < -0.4 is 16.6 Å². The molecule has 0 aliphatic carbocycles. The van der Waals surface area contributed by atoms with E-state index in [4.69, 9.17) is 5.73 Å². The first-order chi connectivity index (χ1) is 15.4. The molecule has 9 heteroatoms. The Labute approximate surface area is 185 Å². The maximum Gasteiger partial charge on any atom is 0.313 e. The monoisotopic (exact) mass is 434 g/mol. The second-order valence-corrected chi connectivity index (χ2v) is 8.22. The Hall–Kier alpha value is -3.75. The summed E-state index contributed by atoms with van der Waals surface area (Å²) in [5.74, 6) is -0.655. The van der Waals surface area contributed by atoms with Crippen LogP contribution in [0.5, 0.6) is 0 Å². The van der Waals surface area contributed by atoms with Crippen LogP contribution in [0.15, 0.2) is 41.3 Å². The molecule has 4 N–H and O–H groups in total. The van der Waals surface area contributed by atoms with Crippen molar-refractivity contribution in [2.45, 2.75) is 39.2 Å². The molecule has 2 unspecified atom stereocenters. The van der Waals surface area contributed by atoms with Gasteiger partial charge in [0, 0.05) is 12.6 Å². The lowest BCUT2D eigenvalue weighted by Crippen LogP contribution is -2.46. The number of anilines is 2. The summed E-state index contributed by atoms with van der Waals surface area (Å²) in [6.45, 7) is 4.46. The van der Waals surface area contributed by atoms with Crippen LogP contribution in [0, 0.1) is 5.92 Å². The van der Waals surface area contributed by atoms with E-state index < -0.39 is 11.8 Å². The van der Waals surface area contributed by atoms with Crippen molar-refractivity contribution < 1.29 is 9.59 Å². The number of nitrogens with two attached hydrogens (primary N) is 1. The summed E-state index contributed by atoms with van der Waals surface area (Å²) in [4.78, 5) is 50.6. The number of amides is 2. The van der Waals surface area contributed by atoms with Gasteiger partial charge in [-0.1, -0.05) is 13.8 Å². The molecule has 2 amide bonds. The minimum Gasteiger partial charge on any atom is -0.383 e. The van der Waals surface area contributed by atoms with E-state index in [0.717, 1.165) is 12.0 Å². The van der Waals surface area contributed by atoms with Gasteiger partial charge < -0.3 is 20.9 Å². The number of aromatic amines is 1. The lowest BCUT2D eigenvalue weighted by Gasteiger charge is -2.38.